The minimum Gasteiger partial charge on any atom is -0.393 e. The van der Waals surface area contributed by atoms with Gasteiger partial charge in [0, 0.05) is 30.9 Å². The van der Waals surface area contributed by atoms with Gasteiger partial charge in [-0.3, -0.25) is 10.1 Å². The second-order valence-corrected chi connectivity index (χ2v) is 5.37. The standard InChI is InChI=1S/C13H18N4O2/c14-11-6-10(3-4-13(11)17(18)19)16-7-9-2-1-5-15-12(9)8-16/h3-4,6,9,12,15H,1-2,5,7-8,14H2/t9-,12+/m0/s1. The SMILES string of the molecule is Nc1cc(N2C[C@@H]3CCCN[C@@H]3C2)ccc1[N+](=O)[O-]. The number of nitro groups is 1. The molecule has 1 aromatic carbocycles. The fourth-order valence-corrected chi connectivity index (χ4v) is 3.16. The normalized spacial score (nSPS) is 26.2. The van der Waals surface area contributed by atoms with Crippen molar-refractivity contribution in [2.45, 2.75) is 18.9 Å². The van der Waals surface area contributed by atoms with Crippen molar-refractivity contribution in [2.75, 3.05) is 30.3 Å². The van der Waals surface area contributed by atoms with Crippen LogP contribution in [0.2, 0.25) is 0 Å². The van der Waals surface area contributed by atoms with E-state index in [4.69, 9.17) is 5.73 Å². The molecule has 0 amide bonds. The van der Waals surface area contributed by atoms with Gasteiger partial charge in [-0.1, -0.05) is 0 Å². The van der Waals surface area contributed by atoms with Crippen LogP contribution in [-0.4, -0.2) is 30.6 Å². The highest BCUT2D eigenvalue weighted by Crippen LogP contribution is 2.32. The minimum atomic E-state index is -0.440. The van der Waals surface area contributed by atoms with Crippen LogP contribution >= 0.6 is 0 Å². The first kappa shape index (κ1) is 12.2. The van der Waals surface area contributed by atoms with Crippen molar-refractivity contribution in [3.05, 3.63) is 28.3 Å². The molecule has 102 valence electrons. The van der Waals surface area contributed by atoms with Crippen LogP contribution in [0.25, 0.3) is 0 Å². The van der Waals surface area contributed by atoms with Crippen LogP contribution in [0, 0.1) is 16.0 Å². The smallest absolute Gasteiger partial charge is 0.292 e. The molecule has 3 rings (SSSR count). The lowest BCUT2D eigenvalue weighted by atomic mass is 9.94. The number of rotatable bonds is 2. The molecule has 6 nitrogen and oxygen atoms in total. The van der Waals surface area contributed by atoms with E-state index in [1.165, 1.54) is 18.9 Å². The lowest BCUT2D eigenvalue weighted by Gasteiger charge is -2.24. The predicted octanol–water partition coefficient (Wildman–Crippen LogP) is 1.37. The molecule has 0 bridgehead atoms. The average Bonchev–Trinajstić information content (AvgIpc) is 2.81. The number of nitrogens with two attached hydrogens (primary N) is 1. The molecular formula is C13H18N4O2. The summed E-state index contributed by atoms with van der Waals surface area (Å²) >= 11 is 0. The van der Waals surface area contributed by atoms with E-state index in [0.29, 0.717) is 12.0 Å². The third kappa shape index (κ3) is 2.23. The minimum absolute atomic E-state index is 0.0153. The second-order valence-electron chi connectivity index (χ2n) is 5.37. The maximum atomic E-state index is 10.8. The number of piperidine rings is 1. The molecule has 2 fully saturated rings. The molecule has 2 aliphatic rings. The first-order valence-electron chi connectivity index (χ1n) is 6.67. The quantitative estimate of drug-likeness (QED) is 0.477. The van der Waals surface area contributed by atoms with Crippen molar-refractivity contribution >= 4 is 17.1 Å². The van der Waals surface area contributed by atoms with Gasteiger partial charge in [0.05, 0.1) is 4.92 Å². The van der Waals surface area contributed by atoms with Crippen LogP contribution in [0.5, 0.6) is 0 Å². The summed E-state index contributed by atoms with van der Waals surface area (Å²) in [4.78, 5) is 12.6. The highest BCUT2D eigenvalue weighted by atomic mass is 16.6. The third-order valence-electron chi connectivity index (χ3n) is 4.17. The number of nitro benzene ring substituents is 1. The number of hydrogen-bond donors (Lipinski definition) is 2. The van der Waals surface area contributed by atoms with Gasteiger partial charge in [-0.2, -0.15) is 0 Å². The summed E-state index contributed by atoms with van der Waals surface area (Å²) in [6.45, 7) is 3.06. The van der Waals surface area contributed by atoms with E-state index in [2.05, 4.69) is 10.2 Å². The molecule has 2 heterocycles. The molecule has 0 aromatic heterocycles. The molecule has 3 N–H and O–H groups in total. The first-order valence-corrected chi connectivity index (χ1v) is 6.67. The van der Waals surface area contributed by atoms with Gasteiger partial charge < -0.3 is 16.0 Å². The summed E-state index contributed by atoms with van der Waals surface area (Å²) in [6, 6.07) is 5.56. The van der Waals surface area contributed by atoms with E-state index in [1.807, 2.05) is 0 Å². The van der Waals surface area contributed by atoms with Crippen LogP contribution in [0.3, 0.4) is 0 Å². The Morgan fingerprint density at radius 2 is 2.26 bits per heavy atom. The molecule has 0 spiro atoms. The van der Waals surface area contributed by atoms with Gasteiger partial charge in [-0.05, 0) is 37.4 Å². The lowest BCUT2D eigenvalue weighted by molar-refractivity contribution is -0.383. The van der Waals surface area contributed by atoms with Crippen LogP contribution in [0.1, 0.15) is 12.8 Å². The fraction of sp³-hybridized carbons (Fsp3) is 0.538. The van der Waals surface area contributed by atoms with Crippen molar-refractivity contribution in [2.24, 2.45) is 5.92 Å². The Labute approximate surface area is 111 Å². The molecule has 2 aliphatic heterocycles. The number of nitrogens with one attached hydrogen (secondary N) is 1. The van der Waals surface area contributed by atoms with E-state index in [-0.39, 0.29) is 11.4 Å². The molecule has 1 aromatic rings. The predicted molar refractivity (Wildman–Crippen MR) is 74.2 cm³/mol. The monoisotopic (exact) mass is 262 g/mol. The Bertz CT molecular complexity index is 491. The first-order chi connectivity index (χ1) is 9.15. The van der Waals surface area contributed by atoms with Crippen LogP contribution in [0.15, 0.2) is 18.2 Å². The zero-order valence-electron chi connectivity index (χ0n) is 10.7. The fourth-order valence-electron chi connectivity index (χ4n) is 3.16. The molecular weight excluding hydrogens is 244 g/mol. The molecule has 6 heteroatoms. The number of nitrogen functional groups attached to an aromatic ring is 1. The Balaban J connectivity index is 1.80. The van der Waals surface area contributed by atoms with Crippen molar-refractivity contribution in [1.82, 2.24) is 5.32 Å². The summed E-state index contributed by atoms with van der Waals surface area (Å²) in [6.07, 6.45) is 2.49. The maximum Gasteiger partial charge on any atom is 0.292 e. The van der Waals surface area contributed by atoms with E-state index >= 15 is 0 Å². The molecule has 0 unspecified atom stereocenters. The largest absolute Gasteiger partial charge is 0.393 e. The van der Waals surface area contributed by atoms with E-state index in [0.717, 1.165) is 25.3 Å². The Morgan fingerprint density at radius 3 is 2.95 bits per heavy atom. The van der Waals surface area contributed by atoms with E-state index in [1.54, 1.807) is 12.1 Å². The zero-order chi connectivity index (χ0) is 13.4. The van der Waals surface area contributed by atoms with Crippen molar-refractivity contribution < 1.29 is 4.92 Å². The molecule has 0 saturated carbocycles. The topological polar surface area (TPSA) is 84.4 Å². The van der Waals surface area contributed by atoms with Gasteiger partial charge in [-0.25, -0.2) is 0 Å². The maximum absolute atomic E-state index is 10.8. The van der Waals surface area contributed by atoms with Gasteiger partial charge in [0.15, 0.2) is 0 Å². The second kappa shape index (κ2) is 4.70. The van der Waals surface area contributed by atoms with Crippen LogP contribution in [-0.2, 0) is 0 Å². The number of nitrogens with zero attached hydrogens (tertiary/aromatic N) is 2. The van der Waals surface area contributed by atoms with Gasteiger partial charge in [0.25, 0.3) is 5.69 Å². The zero-order valence-corrected chi connectivity index (χ0v) is 10.7. The van der Waals surface area contributed by atoms with Gasteiger partial charge in [-0.15, -0.1) is 0 Å². The number of hydrogen-bond acceptors (Lipinski definition) is 5. The number of benzene rings is 1. The summed E-state index contributed by atoms with van der Waals surface area (Å²) in [5, 5.41) is 14.3. The highest BCUT2D eigenvalue weighted by molar-refractivity contribution is 5.67. The van der Waals surface area contributed by atoms with Gasteiger partial charge in [0.1, 0.15) is 5.69 Å². The summed E-state index contributed by atoms with van der Waals surface area (Å²) in [5.74, 6) is 0.685. The summed E-state index contributed by atoms with van der Waals surface area (Å²) in [5.41, 5.74) is 6.96. The molecule has 0 radical (unpaired) electrons. The van der Waals surface area contributed by atoms with Gasteiger partial charge >= 0.3 is 0 Å². The Kier molecular flexibility index (Phi) is 3.02. The van der Waals surface area contributed by atoms with Crippen LogP contribution in [0.4, 0.5) is 17.1 Å². The van der Waals surface area contributed by atoms with E-state index in [9.17, 15) is 10.1 Å². The average molecular weight is 262 g/mol. The third-order valence-corrected chi connectivity index (χ3v) is 4.17. The van der Waals surface area contributed by atoms with E-state index < -0.39 is 4.92 Å². The summed E-state index contributed by atoms with van der Waals surface area (Å²) < 4.78 is 0. The molecule has 2 saturated heterocycles. The van der Waals surface area contributed by atoms with Crippen molar-refractivity contribution in [1.29, 1.82) is 0 Å². The number of fused-ring (bicyclic) bond motifs is 1. The van der Waals surface area contributed by atoms with Crippen LogP contribution < -0.4 is 16.0 Å². The van der Waals surface area contributed by atoms with Gasteiger partial charge in [0.2, 0.25) is 0 Å². The highest BCUT2D eigenvalue weighted by Gasteiger charge is 2.34. The summed E-state index contributed by atoms with van der Waals surface area (Å²) in [7, 11) is 0. The molecule has 19 heavy (non-hydrogen) atoms. The van der Waals surface area contributed by atoms with Crippen molar-refractivity contribution in [3.8, 4) is 0 Å². The lowest BCUT2D eigenvalue weighted by Crippen LogP contribution is -2.40. The molecule has 2 atom stereocenters. The number of anilines is 2. The molecule has 0 aliphatic carbocycles. The Morgan fingerprint density at radius 1 is 1.42 bits per heavy atom. The van der Waals surface area contributed by atoms with Crippen molar-refractivity contribution in [3.63, 3.8) is 0 Å². The Hall–Kier alpha value is -1.82.